The number of carbonyl (C=O) groups is 2. The van der Waals surface area contributed by atoms with E-state index in [-0.39, 0.29) is 29.5 Å². The number of oxazole rings is 1. The van der Waals surface area contributed by atoms with E-state index in [1.165, 1.54) is 6.39 Å². The van der Waals surface area contributed by atoms with Crippen LogP contribution >= 0.6 is 0 Å². The van der Waals surface area contributed by atoms with E-state index in [0.717, 1.165) is 25.7 Å². The molecule has 3 saturated heterocycles. The van der Waals surface area contributed by atoms with Crippen LogP contribution in [0.2, 0.25) is 0 Å². The molecule has 0 N–H and O–H groups in total. The Balaban J connectivity index is 1.43. The molecule has 1 spiro atoms. The van der Waals surface area contributed by atoms with Crippen molar-refractivity contribution in [3.63, 3.8) is 0 Å². The largest absolute Gasteiger partial charge is 0.438 e. The number of methoxy groups -OCH3 is 1. The van der Waals surface area contributed by atoms with Crippen LogP contribution in [0.15, 0.2) is 10.8 Å². The summed E-state index contributed by atoms with van der Waals surface area (Å²) in [6.45, 7) is 4.30. The average molecular weight is 363 g/mol. The number of β-lactam (4-membered cyclic amide) rings is 1. The summed E-state index contributed by atoms with van der Waals surface area (Å²) in [6.07, 6.45) is 4.10. The van der Waals surface area contributed by atoms with Gasteiger partial charge in [0, 0.05) is 39.5 Å². The average Bonchev–Trinajstić information content (AvgIpc) is 3.09. The molecule has 142 valence electrons. The number of nitrogens with zero attached hydrogens (tertiary/aromatic N) is 3. The lowest BCUT2D eigenvalue weighted by Gasteiger charge is -2.61. The number of hydrogen-bond acceptors (Lipinski definition) is 6. The molecule has 0 bridgehead atoms. The van der Waals surface area contributed by atoms with Crippen LogP contribution in [0.25, 0.3) is 0 Å². The van der Waals surface area contributed by atoms with Gasteiger partial charge in [0.1, 0.15) is 0 Å². The second kappa shape index (κ2) is 6.66. The smallest absolute Gasteiger partial charge is 0.291 e. The number of carbonyl (C=O) groups excluding carboxylic acids is 2. The van der Waals surface area contributed by atoms with Gasteiger partial charge >= 0.3 is 0 Å². The van der Waals surface area contributed by atoms with Gasteiger partial charge in [-0.3, -0.25) is 9.59 Å². The molecule has 8 nitrogen and oxygen atoms in total. The number of piperidine rings is 1. The molecule has 3 aliphatic heterocycles. The van der Waals surface area contributed by atoms with Gasteiger partial charge in [-0.15, -0.1) is 0 Å². The summed E-state index contributed by atoms with van der Waals surface area (Å²) in [7, 11) is 1.61. The van der Waals surface area contributed by atoms with Gasteiger partial charge in [0.05, 0.1) is 11.2 Å². The van der Waals surface area contributed by atoms with Gasteiger partial charge < -0.3 is 23.7 Å². The first-order valence-electron chi connectivity index (χ1n) is 9.21. The maximum absolute atomic E-state index is 12.7. The Kier molecular flexibility index (Phi) is 4.48. The lowest BCUT2D eigenvalue weighted by molar-refractivity contribution is -0.213. The van der Waals surface area contributed by atoms with Gasteiger partial charge in [0.15, 0.2) is 12.5 Å². The summed E-state index contributed by atoms with van der Waals surface area (Å²) < 4.78 is 16.2. The number of amides is 2. The molecular weight excluding hydrogens is 338 g/mol. The number of likely N-dealkylation sites (tertiary alicyclic amines) is 2. The monoisotopic (exact) mass is 363 g/mol. The fourth-order valence-electron chi connectivity index (χ4n) is 4.71. The highest BCUT2D eigenvalue weighted by atomic mass is 16.5. The van der Waals surface area contributed by atoms with E-state index in [4.69, 9.17) is 13.9 Å². The Morgan fingerprint density at radius 1 is 1.31 bits per heavy atom. The first-order chi connectivity index (χ1) is 12.6. The third-order valence-electron chi connectivity index (χ3n) is 6.08. The molecule has 1 aromatic heterocycles. The minimum absolute atomic E-state index is 0.0743. The quantitative estimate of drug-likeness (QED) is 0.745. The van der Waals surface area contributed by atoms with E-state index >= 15 is 0 Å². The summed E-state index contributed by atoms with van der Waals surface area (Å²) in [5.74, 6) is 0.262. The number of hydrogen-bond donors (Lipinski definition) is 0. The summed E-state index contributed by atoms with van der Waals surface area (Å²) in [5, 5.41) is 0. The minimum Gasteiger partial charge on any atom is -0.438 e. The van der Waals surface area contributed by atoms with Gasteiger partial charge in [-0.1, -0.05) is 0 Å². The van der Waals surface area contributed by atoms with Gasteiger partial charge in [-0.25, -0.2) is 4.98 Å². The van der Waals surface area contributed by atoms with E-state index in [1.54, 1.807) is 18.9 Å². The van der Waals surface area contributed by atoms with Crippen molar-refractivity contribution in [2.45, 2.75) is 50.3 Å². The van der Waals surface area contributed by atoms with Crippen molar-refractivity contribution in [1.29, 1.82) is 0 Å². The Bertz CT molecular complexity index is 689. The molecule has 26 heavy (non-hydrogen) atoms. The molecule has 0 aliphatic carbocycles. The van der Waals surface area contributed by atoms with E-state index in [1.807, 2.05) is 4.90 Å². The summed E-state index contributed by atoms with van der Waals surface area (Å²) >= 11 is 0. The van der Waals surface area contributed by atoms with Gasteiger partial charge in [0.2, 0.25) is 5.76 Å². The van der Waals surface area contributed by atoms with Crippen molar-refractivity contribution in [1.82, 2.24) is 14.8 Å². The van der Waals surface area contributed by atoms with Crippen LogP contribution < -0.4 is 0 Å². The number of aryl methyl sites for hydroxylation is 1. The molecule has 2 amide bonds. The molecule has 4 heterocycles. The predicted molar refractivity (Wildman–Crippen MR) is 90.6 cm³/mol. The molecule has 1 atom stereocenters. The summed E-state index contributed by atoms with van der Waals surface area (Å²) in [6, 6.07) is 0.145. The van der Waals surface area contributed by atoms with Gasteiger partial charge in [0.25, 0.3) is 11.8 Å². The van der Waals surface area contributed by atoms with Crippen LogP contribution in [0.5, 0.6) is 0 Å². The lowest BCUT2D eigenvalue weighted by atomic mass is 9.72. The van der Waals surface area contributed by atoms with Crippen LogP contribution in [0.3, 0.4) is 0 Å². The minimum atomic E-state index is -0.358. The van der Waals surface area contributed by atoms with Crippen molar-refractivity contribution in [3.8, 4) is 0 Å². The first-order valence-corrected chi connectivity index (χ1v) is 9.21. The zero-order chi connectivity index (χ0) is 18.3. The third-order valence-corrected chi connectivity index (χ3v) is 6.08. The fourth-order valence-corrected chi connectivity index (χ4v) is 4.71. The van der Waals surface area contributed by atoms with Gasteiger partial charge in [-0.2, -0.15) is 0 Å². The van der Waals surface area contributed by atoms with Crippen LogP contribution in [-0.2, 0) is 14.3 Å². The molecule has 3 aliphatic rings. The Hall–Kier alpha value is -1.93. The zero-order valence-corrected chi connectivity index (χ0v) is 15.3. The number of aromatic nitrogens is 1. The second-order valence-electron chi connectivity index (χ2n) is 7.33. The predicted octanol–water partition coefficient (Wildman–Crippen LogP) is 0.994. The molecule has 3 fully saturated rings. The summed E-state index contributed by atoms with van der Waals surface area (Å²) in [4.78, 5) is 33.1. The van der Waals surface area contributed by atoms with E-state index < -0.39 is 0 Å². The van der Waals surface area contributed by atoms with Crippen LogP contribution in [0.4, 0.5) is 0 Å². The van der Waals surface area contributed by atoms with E-state index in [9.17, 15) is 9.59 Å². The number of ether oxygens (including phenoxy) is 2. The van der Waals surface area contributed by atoms with Crippen LogP contribution in [0.1, 0.15) is 41.9 Å². The van der Waals surface area contributed by atoms with E-state index in [0.29, 0.717) is 37.8 Å². The summed E-state index contributed by atoms with van der Waals surface area (Å²) in [5.41, 5.74) is 0.377. The maximum atomic E-state index is 12.7. The maximum Gasteiger partial charge on any atom is 0.291 e. The highest BCUT2D eigenvalue weighted by Gasteiger charge is 2.62. The normalized spacial score (nSPS) is 26.2. The Morgan fingerprint density at radius 3 is 2.58 bits per heavy atom. The number of rotatable bonds is 3. The van der Waals surface area contributed by atoms with Crippen molar-refractivity contribution >= 4 is 11.8 Å². The lowest BCUT2D eigenvalue weighted by Crippen LogP contribution is -2.79. The molecule has 0 aromatic carbocycles. The topological polar surface area (TPSA) is 85.1 Å². The highest BCUT2D eigenvalue weighted by Crippen LogP contribution is 2.45. The molecule has 0 radical (unpaired) electrons. The molecule has 1 aromatic rings. The molecule has 1 unspecified atom stereocenters. The SMILES string of the molecule is COC1C(=O)N(C2CCN(C(=O)c3ocnc3C)CC2)C12CCOCC2. The third kappa shape index (κ3) is 2.54. The molecule has 8 heteroatoms. The van der Waals surface area contributed by atoms with Crippen molar-refractivity contribution in [2.75, 3.05) is 33.4 Å². The standard InChI is InChI=1S/C18H25N3O5/c1-12-14(26-11-19-12)16(22)20-7-3-13(4-8-20)21-17(23)15(24-2)18(21)5-9-25-10-6-18/h11,13,15H,3-10H2,1-2H3. The Morgan fingerprint density at radius 2 is 2.00 bits per heavy atom. The Labute approximate surface area is 152 Å². The molecular formula is C18H25N3O5. The fraction of sp³-hybridized carbons (Fsp3) is 0.722. The van der Waals surface area contributed by atoms with Crippen molar-refractivity contribution < 1.29 is 23.5 Å². The second-order valence-corrected chi connectivity index (χ2v) is 7.33. The van der Waals surface area contributed by atoms with E-state index in [2.05, 4.69) is 4.98 Å². The van der Waals surface area contributed by atoms with Crippen molar-refractivity contribution in [2.24, 2.45) is 0 Å². The van der Waals surface area contributed by atoms with Crippen LogP contribution in [0, 0.1) is 6.92 Å². The van der Waals surface area contributed by atoms with Crippen LogP contribution in [-0.4, -0.2) is 77.7 Å². The zero-order valence-electron chi connectivity index (χ0n) is 15.3. The van der Waals surface area contributed by atoms with Crippen molar-refractivity contribution in [3.05, 3.63) is 17.8 Å². The first kappa shape index (κ1) is 17.5. The highest BCUT2D eigenvalue weighted by molar-refractivity contribution is 5.93. The molecule has 0 saturated carbocycles. The van der Waals surface area contributed by atoms with Gasteiger partial charge in [-0.05, 0) is 32.6 Å². The molecule has 4 rings (SSSR count).